The molecule has 4 rings (SSSR count). The minimum Gasteiger partial charge on any atom is -0.436 e. The van der Waals surface area contributed by atoms with Gasteiger partial charge in [0.05, 0.1) is 0 Å². The fourth-order valence-electron chi connectivity index (χ4n) is 3.39. The van der Waals surface area contributed by atoms with Crippen LogP contribution >= 0.6 is 12.2 Å². The van der Waals surface area contributed by atoms with Gasteiger partial charge in [-0.15, -0.1) is 0 Å². The van der Waals surface area contributed by atoms with Crippen LogP contribution < -0.4 is 10.6 Å². The topological polar surface area (TPSA) is 67.2 Å². The number of aryl methyl sites for hydroxylation is 3. The molecule has 150 valence electrons. The second-order valence-electron chi connectivity index (χ2n) is 7.30. The van der Waals surface area contributed by atoms with Gasteiger partial charge in [0.2, 0.25) is 5.89 Å². The van der Waals surface area contributed by atoms with Gasteiger partial charge in [0, 0.05) is 16.8 Å². The number of oxazole rings is 1. The molecule has 2 N–H and O–H groups in total. The lowest BCUT2D eigenvalue weighted by Gasteiger charge is -2.10. The first kappa shape index (κ1) is 19.8. The van der Waals surface area contributed by atoms with Gasteiger partial charge in [-0.3, -0.25) is 10.1 Å². The van der Waals surface area contributed by atoms with Gasteiger partial charge in [-0.25, -0.2) is 4.98 Å². The van der Waals surface area contributed by atoms with E-state index in [9.17, 15) is 4.79 Å². The van der Waals surface area contributed by atoms with Crippen LogP contribution in [0.3, 0.4) is 0 Å². The maximum absolute atomic E-state index is 12.4. The Kier molecular flexibility index (Phi) is 5.33. The molecule has 0 unspecified atom stereocenters. The van der Waals surface area contributed by atoms with E-state index in [-0.39, 0.29) is 11.0 Å². The third kappa shape index (κ3) is 4.23. The second-order valence-corrected chi connectivity index (χ2v) is 7.71. The van der Waals surface area contributed by atoms with Gasteiger partial charge in [0.15, 0.2) is 10.7 Å². The highest BCUT2D eigenvalue weighted by Gasteiger charge is 2.12. The van der Waals surface area contributed by atoms with Crippen molar-refractivity contribution >= 4 is 40.0 Å². The van der Waals surface area contributed by atoms with Gasteiger partial charge in [0.25, 0.3) is 5.91 Å². The van der Waals surface area contributed by atoms with E-state index < -0.39 is 0 Å². The maximum Gasteiger partial charge on any atom is 0.257 e. The monoisotopic (exact) mass is 415 g/mol. The largest absolute Gasteiger partial charge is 0.436 e. The van der Waals surface area contributed by atoms with Crippen molar-refractivity contribution in [2.45, 2.75) is 20.8 Å². The molecule has 0 radical (unpaired) electrons. The predicted octanol–water partition coefficient (Wildman–Crippen LogP) is 5.55. The summed E-state index contributed by atoms with van der Waals surface area (Å²) < 4.78 is 5.92. The summed E-state index contributed by atoms with van der Waals surface area (Å²) in [6, 6.07) is 19.1. The number of carbonyl (C=O) groups is 1. The number of benzene rings is 3. The highest BCUT2D eigenvalue weighted by molar-refractivity contribution is 7.80. The molecule has 0 fully saturated rings. The van der Waals surface area contributed by atoms with Crippen molar-refractivity contribution in [3.8, 4) is 11.5 Å². The number of rotatable bonds is 3. The summed E-state index contributed by atoms with van der Waals surface area (Å²) in [6.45, 7) is 5.98. The van der Waals surface area contributed by atoms with Crippen LogP contribution in [0.2, 0.25) is 0 Å². The lowest BCUT2D eigenvalue weighted by atomic mass is 10.1. The molecule has 1 amide bonds. The molecule has 0 saturated heterocycles. The van der Waals surface area contributed by atoms with Crippen LogP contribution in [0.15, 0.2) is 65.1 Å². The molecule has 6 heteroatoms. The minimum absolute atomic E-state index is 0.223. The van der Waals surface area contributed by atoms with Crippen LogP contribution in [-0.4, -0.2) is 16.0 Å². The molecule has 0 atom stereocenters. The number of hydrogen-bond acceptors (Lipinski definition) is 4. The van der Waals surface area contributed by atoms with Gasteiger partial charge in [0.1, 0.15) is 5.52 Å². The smallest absolute Gasteiger partial charge is 0.257 e. The number of thiocarbonyl (C=S) groups is 1. The van der Waals surface area contributed by atoms with Crippen LogP contribution in [0.1, 0.15) is 27.0 Å². The molecular weight excluding hydrogens is 394 g/mol. The number of anilines is 1. The van der Waals surface area contributed by atoms with Crippen molar-refractivity contribution in [1.29, 1.82) is 0 Å². The molecule has 0 bridgehead atoms. The van der Waals surface area contributed by atoms with E-state index in [1.54, 1.807) is 6.07 Å². The molecule has 4 aromatic rings. The fourth-order valence-corrected chi connectivity index (χ4v) is 3.60. The lowest BCUT2D eigenvalue weighted by molar-refractivity contribution is 0.0977. The number of carbonyl (C=O) groups excluding carboxylic acids is 1. The minimum atomic E-state index is -0.245. The number of nitrogens with zero attached hydrogens (tertiary/aromatic N) is 1. The third-order valence-electron chi connectivity index (χ3n) is 4.73. The zero-order valence-electron chi connectivity index (χ0n) is 16.9. The molecule has 0 aliphatic rings. The molecule has 3 aromatic carbocycles. The molecule has 1 aromatic heterocycles. The quantitative estimate of drug-likeness (QED) is 0.430. The normalized spacial score (nSPS) is 10.8. The van der Waals surface area contributed by atoms with Gasteiger partial charge in [-0.1, -0.05) is 35.4 Å². The third-order valence-corrected chi connectivity index (χ3v) is 4.93. The molecule has 0 aliphatic carbocycles. The standard InChI is InChI=1S/C24H21N3O2S/c1-14-10-15(2)12-17(11-14)23-26-20-13-18(8-9-21(20)29-23)25-24(30)27-22(28)19-7-5-4-6-16(19)3/h4-13H,1-3H3,(H2,25,27,28,30). The molecule has 5 nitrogen and oxygen atoms in total. The number of nitrogens with one attached hydrogen (secondary N) is 2. The van der Waals surface area contributed by atoms with Crippen molar-refractivity contribution in [3.63, 3.8) is 0 Å². The van der Waals surface area contributed by atoms with Gasteiger partial charge in [-0.2, -0.15) is 0 Å². The van der Waals surface area contributed by atoms with E-state index in [2.05, 4.69) is 21.7 Å². The summed E-state index contributed by atoms with van der Waals surface area (Å²) in [7, 11) is 0. The Labute approximate surface area is 180 Å². The first-order chi connectivity index (χ1) is 14.4. The molecule has 0 saturated carbocycles. The second kappa shape index (κ2) is 8.08. The summed E-state index contributed by atoms with van der Waals surface area (Å²) >= 11 is 5.30. The van der Waals surface area contributed by atoms with Crippen LogP contribution in [0.5, 0.6) is 0 Å². The summed E-state index contributed by atoms with van der Waals surface area (Å²) in [5.41, 5.74) is 6.85. The van der Waals surface area contributed by atoms with Crippen molar-refractivity contribution in [2.24, 2.45) is 0 Å². The maximum atomic E-state index is 12.4. The predicted molar refractivity (Wildman–Crippen MR) is 124 cm³/mol. The van der Waals surface area contributed by atoms with Gasteiger partial charge < -0.3 is 9.73 Å². The Morgan fingerprint density at radius 1 is 0.967 bits per heavy atom. The lowest BCUT2D eigenvalue weighted by Crippen LogP contribution is -2.34. The average Bonchev–Trinajstić information content (AvgIpc) is 3.11. The SMILES string of the molecule is Cc1cc(C)cc(-c2nc3cc(NC(=S)NC(=O)c4ccccc4C)ccc3o2)c1. The van der Waals surface area contributed by atoms with Crippen molar-refractivity contribution in [3.05, 3.63) is 82.9 Å². The van der Waals surface area contributed by atoms with E-state index in [4.69, 9.17) is 16.6 Å². The van der Waals surface area contributed by atoms with E-state index >= 15 is 0 Å². The summed E-state index contributed by atoms with van der Waals surface area (Å²) in [5, 5.41) is 5.98. The van der Waals surface area contributed by atoms with Crippen molar-refractivity contribution in [1.82, 2.24) is 10.3 Å². The first-order valence-corrected chi connectivity index (χ1v) is 9.97. The highest BCUT2D eigenvalue weighted by atomic mass is 32.1. The van der Waals surface area contributed by atoms with E-state index in [0.29, 0.717) is 22.6 Å². The number of hydrogen-bond donors (Lipinski definition) is 2. The van der Waals surface area contributed by atoms with E-state index in [0.717, 1.165) is 27.9 Å². The summed E-state index contributed by atoms with van der Waals surface area (Å²) in [4.78, 5) is 17.0. The molecular formula is C24H21N3O2S. The number of amides is 1. The first-order valence-electron chi connectivity index (χ1n) is 9.56. The fraction of sp³-hybridized carbons (Fsp3) is 0.125. The van der Waals surface area contributed by atoms with Gasteiger partial charge in [-0.05, 0) is 75.0 Å². The Balaban J connectivity index is 1.51. The average molecular weight is 416 g/mol. The molecule has 0 spiro atoms. The Morgan fingerprint density at radius 2 is 1.70 bits per heavy atom. The van der Waals surface area contributed by atoms with E-state index in [1.807, 2.05) is 69.3 Å². The van der Waals surface area contributed by atoms with Crippen LogP contribution in [0.4, 0.5) is 5.69 Å². The van der Waals surface area contributed by atoms with Crippen LogP contribution in [-0.2, 0) is 0 Å². The Bertz CT molecular complexity index is 1260. The van der Waals surface area contributed by atoms with Gasteiger partial charge >= 0.3 is 0 Å². The molecule has 1 heterocycles. The summed E-state index contributed by atoms with van der Waals surface area (Å²) in [6.07, 6.45) is 0. The zero-order chi connectivity index (χ0) is 21.3. The zero-order valence-corrected chi connectivity index (χ0v) is 17.8. The summed E-state index contributed by atoms with van der Waals surface area (Å²) in [5.74, 6) is 0.328. The Hall–Kier alpha value is -3.51. The van der Waals surface area contributed by atoms with Crippen molar-refractivity contribution in [2.75, 3.05) is 5.32 Å². The molecule has 0 aliphatic heterocycles. The molecule has 30 heavy (non-hydrogen) atoms. The number of fused-ring (bicyclic) bond motifs is 1. The Morgan fingerprint density at radius 3 is 2.43 bits per heavy atom. The van der Waals surface area contributed by atoms with Crippen LogP contribution in [0.25, 0.3) is 22.6 Å². The van der Waals surface area contributed by atoms with Crippen LogP contribution in [0, 0.1) is 20.8 Å². The van der Waals surface area contributed by atoms with E-state index in [1.165, 1.54) is 0 Å². The number of aromatic nitrogens is 1. The highest BCUT2D eigenvalue weighted by Crippen LogP contribution is 2.27. The van der Waals surface area contributed by atoms with Crippen molar-refractivity contribution < 1.29 is 9.21 Å².